The highest BCUT2D eigenvalue weighted by molar-refractivity contribution is 7.92. The molecule has 0 saturated carbocycles. The standard InChI is InChI=1S/C12H13ClN2O5S/c13-10-4-3-8(6-11(10)15(17)18)12(16)14-7-9-2-1-5-21(9,19)20/h3-4,6,9H,1-2,5,7H2,(H,14,16). The van der Waals surface area contributed by atoms with Crippen LogP contribution >= 0.6 is 11.6 Å². The van der Waals surface area contributed by atoms with Crippen molar-refractivity contribution in [3.8, 4) is 0 Å². The van der Waals surface area contributed by atoms with Crippen LogP contribution in [0, 0.1) is 10.1 Å². The number of amides is 1. The minimum absolute atomic E-state index is 0.0115. The summed E-state index contributed by atoms with van der Waals surface area (Å²) in [6.07, 6.45) is 1.11. The molecule has 0 spiro atoms. The summed E-state index contributed by atoms with van der Waals surface area (Å²) in [7, 11) is -3.14. The normalized spacial score (nSPS) is 20.1. The van der Waals surface area contributed by atoms with Gasteiger partial charge in [0.05, 0.1) is 15.9 Å². The molecule has 114 valence electrons. The lowest BCUT2D eigenvalue weighted by molar-refractivity contribution is -0.384. The lowest BCUT2D eigenvalue weighted by atomic mass is 10.2. The third kappa shape index (κ3) is 3.51. The van der Waals surface area contributed by atoms with Gasteiger partial charge in [-0.2, -0.15) is 0 Å². The quantitative estimate of drug-likeness (QED) is 0.665. The fourth-order valence-electron chi connectivity index (χ4n) is 2.19. The zero-order valence-corrected chi connectivity index (χ0v) is 12.5. The van der Waals surface area contributed by atoms with E-state index in [1.807, 2.05) is 0 Å². The molecule has 1 heterocycles. The molecule has 1 aromatic rings. The van der Waals surface area contributed by atoms with Gasteiger partial charge in [0, 0.05) is 18.2 Å². The predicted octanol–water partition coefficient (Wildman–Crippen LogP) is 1.56. The molecule has 1 aromatic carbocycles. The maximum Gasteiger partial charge on any atom is 0.288 e. The van der Waals surface area contributed by atoms with E-state index in [1.165, 1.54) is 12.1 Å². The molecule has 9 heteroatoms. The van der Waals surface area contributed by atoms with Gasteiger partial charge < -0.3 is 5.32 Å². The number of sulfone groups is 1. The maximum atomic E-state index is 11.9. The van der Waals surface area contributed by atoms with Gasteiger partial charge in [-0.05, 0) is 25.0 Å². The van der Waals surface area contributed by atoms with Crippen molar-refractivity contribution in [3.63, 3.8) is 0 Å². The summed E-state index contributed by atoms with van der Waals surface area (Å²) in [5.41, 5.74) is -0.292. The van der Waals surface area contributed by atoms with Gasteiger partial charge in [0.15, 0.2) is 9.84 Å². The van der Waals surface area contributed by atoms with Gasteiger partial charge in [0.25, 0.3) is 11.6 Å². The van der Waals surface area contributed by atoms with E-state index in [9.17, 15) is 23.3 Å². The van der Waals surface area contributed by atoms with Crippen molar-refractivity contribution < 1.29 is 18.1 Å². The fourth-order valence-corrected chi connectivity index (χ4v) is 4.14. The number of hydrogen-bond acceptors (Lipinski definition) is 5. The van der Waals surface area contributed by atoms with Crippen LogP contribution in [0.5, 0.6) is 0 Å². The van der Waals surface area contributed by atoms with Gasteiger partial charge in [-0.3, -0.25) is 14.9 Å². The first-order chi connectivity index (χ1) is 9.81. The molecule has 0 aromatic heterocycles. The molecule has 1 aliphatic heterocycles. The number of nitrogens with zero attached hydrogens (tertiary/aromatic N) is 1. The van der Waals surface area contributed by atoms with Crippen molar-refractivity contribution in [2.45, 2.75) is 18.1 Å². The largest absolute Gasteiger partial charge is 0.351 e. The summed E-state index contributed by atoms with van der Waals surface area (Å²) in [4.78, 5) is 22.0. The van der Waals surface area contributed by atoms with Gasteiger partial charge in [-0.25, -0.2) is 8.42 Å². The number of hydrogen-bond donors (Lipinski definition) is 1. The number of nitro benzene ring substituents is 1. The van der Waals surface area contributed by atoms with Crippen molar-refractivity contribution >= 4 is 33.0 Å². The fraction of sp³-hybridized carbons (Fsp3) is 0.417. The Morgan fingerprint density at radius 2 is 2.19 bits per heavy atom. The summed E-state index contributed by atoms with van der Waals surface area (Å²) in [5, 5.41) is 12.6. The Kier molecular flexibility index (Phi) is 4.48. The number of carbonyl (C=O) groups is 1. The number of halogens is 1. The van der Waals surface area contributed by atoms with Crippen LogP contribution in [0.15, 0.2) is 18.2 Å². The first-order valence-electron chi connectivity index (χ1n) is 6.25. The second-order valence-electron chi connectivity index (χ2n) is 4.76. The van der Waals surface area contributed by atoms with Crippen molar-refractivity contribution in [1.29, 1.82) is 0 Å². The lowest BCUT2D eigenvalue weighted by Crippen LogP contribution is -2.34. The van der Waals surface area contributed by atoms with Crippen LogP contribution in [0.2, 0.25) is 5.02 Å². The molecule has 7 nitrogen and oxygen atoms in total. The highest BCUT2D eigenvalue weighted by Gasteiger charge is 2.31. The van der Waals surface area contributed by atoms with Gasteiger partial charge in [-0.1, -0.05) is 11.6 Å². The van der Waals surface area contributed by atoms with Crippen LogP contribution in [0.4, 0.5) is 5.69 Å². The molecular weight excluding hydrogens is 320 g/mol. The minimum atomic E-state index is -3.14. The van der Waals surface area contributed by atoms with Crippen molar-refractivity contribution in [1.82, 2.24) is 5.32 Å². The molecule has 1 amide bonds. The second-order valence-corrected chi connectivity index (χ2v) is 7.57. The summed E-state index contributed by atoms with van der Waals surface area (Å²) in [5.74, 6) is -0.420. The molecule has 1 aliphatic rings. The summed E-state index contributed by atoms with van der Waals surface area (Å²) < 4.78 is 23.3. The average Bonchev–Trinajstić information content (AvgIpc) is 2.75. The van der Waals surface area contributed by atoms with Gasteiger partial charge in [-0.15, -0.1) is 0 Å². The Hall–Kier alpha value is -1.67. The van der Waals surface area contributed by atoms with Crippen LogP contribution in [0.1, 0.15) is 23.2 Å². The maximum absolute atomic E-state index is 11.9. The topological polar surface area (TPSA) is 106 Å². The number of benzene rings is 1. The Balaban J connectivity index is 2.07. The molecule has 1 atom stereocenters. The molecule has 0 bridgehead atoms. The molecule has 1 fully saturated rings. The number of rotatable bonds is 4. The molecule has 0 radical (unpaired) electrons. The molecule has 0 aliphatic carbocycles. The van der Waals surface area contributed by atoms with E-state index in [0.29, 0.717) is 12.8 Å². The number of nitro groups is 1. The van der Waals surface area contributed by atoms with E-state index in [-0.39, 0.29) is 28.6 Å². The van der Waals surface area contributed by atoms with Crippen molar-refractivity contribution in [3.05, 3.63) is 38.9 Å². The van der Waals surface area contributed by atoms with Crippen LogP contribution in [0.3, 0.4) is 0 Å². The number of nitrogens with one attached hydrogen (secondary N) is 1. The van der Waals surface area contributed by atoms with Crippen molar-refractivity contribution in [2.24, 2.45) is 0 Å². The summed E-state index contributed by atoms with van der Waals surface area (Å²) in [6, 6.07) is 3.69. The van der Waals surface area contributed by atoms with E-state index in [4.69, 9.17) is 11.6 Å². The molecule has 1 saturated heterocycles. The Labute approximate surface area is 126 Å². The van der Waals surface area contributed by atoms with E-state index in [1.54, 1.807) is 0 Å². The first-order valence-corrected chi connectivity index (χ1v) is 8.34. The molecule has 21 heavy (non-hydrogen) atoms. The Morgan fingerprint density at radius 3 is 2.76 bits per heavy atom. The highest BCUT2D eigenvalue weighted by atomic mass is 35.5. The second kappa shape index (κ2) is 5.98. The van der Waals surface area contributed by atoms with Gasteiger partial charge in [0.1, 0.15) is 5.02 Å². The zero-order valence-electron chi connectivity index (χ0n) is 10.9. The van der Waals surface area contributed by atoms with Gasteiger partial charge >= 0.3 is 0 Å². The zero-order chi connectivity index (χ0) is 15.6. The minimum Gasteiger partial charge on any atom is -0.351 e. The lowest BCUT2D eigenvalue weighted by Gasteiger charge is -2.10. The van der Waals surface area contributed by atoms with Crippen LogP contribution in [0.25, 0.3) is 0 Å². The van der Waals surface area contributed by atoms with Crippen LogP contribution in [-0.4, -0.2) is 36.8 Å². The summed E-state index contributed by atoms with van der Waals surface area (Å²) in [6.45, 7) is 0.0115. The van der Waals surface area contributed by atoms with E-state index >= 15 is 0 Å². The Bertz CT molecular complexity index is 689. The molecular formula is C12H13ClN2O5S. The van der Waals surface area contributed by atoms with Crippen LogP contribution in [-0.2, 0) is 9.84 Å². The monoisotopic (exact) mass is 332 g/mol. The number of carbonyl (C=O) groups excluding carboxylic acids is 1. The van der Waals surface area contributed by atoms with E-state index < -0.39 is 25.9 Å². The van der Waals surface area contributed by atoms with E-state index in [2.05, 4.69) is 5.32 Å². The molecule has 1 unspecified atom stereocenters. The SMILES string of the molecule is O=C(NCC1CCCS1(=O)=O)c1ccc(Cl)c([N+](=O)[O-])c1. The third-order valence-corrected chi connectivity index (χ3v) is 5.95. The highest BCUT2D eigenvalue weighted by Crippen LogP contribution is 2.25. The van der Waals surface area contributed by atoms with E-state index in [0.717, 1.165) is 6.07 Å². The predicted molar refractivity (Wildman–Crippen MR) is 77.2 cm³/mol. The van der Waals surface area contributed by atoms with Crippen molar-refractivity contribution in [2.75, 3.05) is 12.3 Å². The Morgan fingerprint density at radius 1 is 1.48 bits per heavy atom. The summed E-state index contributed by atoms with van der Waals surface area (Å²) >= 11 is 5.66. The molecule has 1 N–H and O–H groups in total. The van der Waals surface area contributed by atoms with Gasteiger partial charge in [0.2, 0.25) is 0 Å². The third-order valence-electron chi connectivity index (χ3n) is 3.36. The average molecular weight is 333 g/mol. The first kappa shape index (κ1) is 15.7. The molecule has 2 rings (SSSR count). The smallest absolute Gasteiger partial charge is 0.288 e. The van der Waals surface area contributed by atoms with Crippen LogP contribution < -0.4 is 5.32 Å².